The Bertz CT molecular complexity index is 438. The van der Waals surface area contributed by atoms with Crippen molar-refractivity contribution in [3.63, 3.8) is 0 Å². The van der Waals surface area contributed by atoms with Gasteiger partial charge in [0.1, 0.15) is 6.10 Å². The van der Waals surface area contributed by atoms with Crippen LogP contribution in [0.5, 0.6) is 0 Å². The van der Waals surface area contributed by atoms with Crippen molar-refractivity contribution in [3.05, 3.63) is 35.9 Å². The molecule has 3 nitrogen and oxygen atoms in total. The molecule has 1 fully saturated rings. The van der Waals surface area contributed by atoms with Crippen molar-refractivity contribution in [1.29, 1.82) is 0 Å². The first-order chi connectivity index (χ1) is 9.58. The predicted octanol–water partition coefficient (Wildman–Crippen LogP) is 3.31. The lowest BCUT2D eigenvalue weighted by molar-refractivity contribution is -0.153. The van der Waals surface area contributed by atoms with Crippen molar-refractivity contribution in [2.24, 2.45) is 5.92 Å². The minimum absolute atomic E-state index is 0. The molecular formula is C17H26ClNO2. The Morgan fingerprint density at radius 2 is 1.95 bits per heavy atom. The van der Waals surface area contributed by atoms with Crippen LogP contribution in [0.3, 0.4) is 0 Å². The highest BCUT2D eigenvalue weighted by Gasteiger charge is 2.33. The molecule has 21 heavy (non-hydrogen) atoms. The molecule has 0 aliphatic carbocycles. The Morgan fingerprint density at radius 3 is 2.57 bits per heavy atom. The van der Waals surface area contributed by atoms with E-state index in [-0.39, 0.29) is 24.5 Å². The van der Waals surface area contributed by atoms with Gasteiger partial charge in [0.25, 0.3) is 0 Å². The molecule has 0 spiro atoms. The van der Waals surface area contributed by atoms with E-state index >= 15 is 0 Å². The number of carbonyl (C=O) groups is 1. The summed E-state index contributed by atoms with van der Waals surface area (Å²) in [4.78, 5) is 13.6. The van der Waals surface area contributed by atoms with E-state index in [1.54, 1.807) is 0 Å². The number of carbonyl (C=O) groups excluding carboxylic acids is 1. The van der Waals surface area contributed by atoms with Crippen molar-refractivity contribution in [3.8, 4) is 0 Å². The average Bonchev–Trinajstić information content (AvgIpc) is 2.44. The molecule has 3 unspecified atom stereocenters. The summed E-state index contributed by atoms with van der Waals surface area (Å²) in [6.45, 7) is 8.01. The number of piperidine rings is 1. The fourth-order valence-corrected chi connectivity index (χ4v) is 3.02. The number of hydrogen-bond acceptors (Lipinski definition) is 3. The second-order valence-corrected chi connectivity index (χ2v) is 5.81. The number of rotatable bonds is 4. The highest BCUT2D eigenvalue weighted by atomic mass is 35.5. The van der Waals surface area contributed by atoms with Gasteiger partial charge in [-0.25, -0.2) is 0 Å². The Hall–Kier alpha value is -1.06. The monoisotopic (exact) mass is 311 g/mol. The molecule has 1 aliphatic rings. The van der Waals surface area contributed by atoms with Crippen molar-refractivity contribution >= 4 is 18.4 Å². The zero-order chi connectivity index (χ0) is 14.5. The third-order valence-electron chi connectivity index (χ3n) is 4.47. The maximum atomic E-state index is 11.1. The van der Waals surface area contributed by atoms with Gasteiger partial charge in [-0.1, -0.05) is 37.3 Å². The Morgan fingerprint density at radius 1 is 1.29 bits per heavy atom. The lowest BCUT2D eigenvalue weighted by Gasteiger charge is -2.42. The lowest BCUT2D eigenvalue weighted by Crippen LogP contribution is -2.50. The topological polar surface area (TPSA) is 29.5 Å². The summed E-state index contributed by atoms with van der Waals surface area (Å²) in [6, 6.07) is 11.1. The Labute approximate surface area is 134 Å². The molecule has 1 saturated heterocycles. The van der Waals surface area contributed by atoms with Crippen LogP contribution in [0.2, 0.25) is 0 Å². The van der Waals surface area contributed by atoms with Crippen molar-refractivity contribution in [2.45, 2.75) is 45.8 Å². The lowest BCUT2D eigenvalue weighted by atomic mass is 9.88. The van der Waals surface area contributed by atoms with Gasteiger partial charge >= 0.3 is 5.97 Å². The molecule has 1 aliphatic heterocycles. The molecule has 0 aromatic heterocycles. The first-order valence-corrected chi connectivity index (χ1v) is 7.53. The van der Waals surface area contributed by atoms with Gasteiger partial charge < -0.3 is 4.74 Å². The number of nitrogens with zero attached hydrogens (tertiary/aromatic N) is 1. The molecule has 3 atom stereocenters. The van der Waals surface area contributed by atoms with Crippen molar-refractivity contribution in [2.75, 3.05) is 13.1 Å². The van der Waals surface area contributed by atoms with E-state index in [1.807, 2.05) is 0 Å². The molecule has 1 heterocycles. The third kappa shape index (κ3) is 5.01. The molecule has 0 radical (unpaired) electrons. The van der Waals surface area contributed by atoms with Gasteiger partial charge in [0.05, 0.1) is 0 Å². The summed E-state index contributed by atoms with van der Waals surface area (Å²) >= 11 is 0. The number of halogens is 1. The van der Waals surface area contributed by atoms with E-state index < -0.39 is 0 Å². The van der Waals surface area contributed by atoms with E-state index in [0.717, 1.165) is 25.9 Å². The quantitative estimate of drug-likeness (QED) is 0.799. The highest BCUT2D eigenvalue weighted by molar-refractivity contribution is 5.85. The highest BCUT2D eigenvalue weighted by Crippen LogP contribution is 2.26. The molecule has 0 saturated carbocycles. The normalized spacial score (nSPS) is 26.0. The molecule has 2 rings (SSSR count). The van der Waals surface area contributed by atoms with Gasteiger partial charge in [-0.15, -0.1) is 12.4 Å². The van der Waals surface area contributed by atoms with Gasteiger partial charge in [0.15, 0.2) is 0 Å². The van der Waals surface area contributed by atoms with Gasteiger partial charge in [-0.2, -0.15) is 0 Å². The SMILES string of the molecule is CC(=O)OC1CCN(CCc2ccccc2)C(C)C1C.Cl. The van der Waals surface area contributed by atoms with E-state index in [4.69, 9.17) is 4.74 Å². The first kappa shape index (κ1) is 18.0. The van der Waals surface area contributed by atoms with Gasteiger partial charge in [-0.3, -0.25) is 9.69 Å². The summed E-state index contributed by atoms with van der Waals surface area (Å²) in [5.74, 6) is 0.232. The second-order valence-electron chi connectivity index (χ2n) is 5.81. The van der Waals surface area contributed by atoms with Crippen LogP contribution in [0.4, 0.5) is 0 Å². The molecule has 1 aromatic carbocycles. The van der Waals surface area contributed by atoms with Crippen LogP contribution < -0.4 is 0 Å². The molecular weight excluding hydrogens is 286 g/mol. The van der Waals surface area contributed by atoms with E-state index in [9.17, 15) is 4.79 Å². The molecule has 0 bridgehead atoms. The summed E-state index contributed by atoms with van der Waals surface area (Å²) in [5, 5.41) is 0. The maximum Gasteiger partial charge on any atom is 0.302 e. The molecule has 0 amide bonds. The zero-order valence-electron chi connectivity index (χ0n) is 13.1. The smallest absolute Gasteiger partial charge is 0.302 e. The fourth-order valence-electron chi connectivity index (χ4n) is 3.02. The van der Waals surface area contributed by atoms with Crippen LogP contribution in [0.1, 0.15) is 32.8 Å². The van der Waals surface area contributed by atoms with Gasteiger partial charge in [0, 0.05) is 32.0 Å². The molecule has 118 valence electrons. The van der Waals surface area contributed by atoms with Crippen LogP contribution in [0, 0.1) is 5.92 Å². The third-order valence-corrected chi connectivity index (χ3v) is 4.47. The average molecular weight is 312 g/mol. The van der Waals surface area contributed by atoms with Crippen molar-refractivity contribution in [1.82, 2.24) is 4.90 Å². The number of esters is 1. The van der Waals surface area contributed by atoms with Gasteiger partial charge in [0.2, 0.25) is 0 Å². The largest absolute Gasteiger partial charge is 0.462 e. The Balaban J connectivity index is 0.00000220. The first-order valence-electron chi connectivity index (χ1n) is 7.53. The molecule has 1 aromatic rings. The minimum atomic E-state index is -0.160. The number of hydrogen-bond donors (Lipinski definition) is 0. The molecule has 0 N–H and O–H groups in total. The number of likely N-dealkylation sites (tertiary alicyclic amines) is 1. The number of benzene rings is 1. The summed E-state index contributed by atoms with van der Waals surface area (Å²) in [5.41, 5.74) is 1.38. The minimum Gasteiger partial charge on any atom is -0.462 e. The Kier molecular flexibility index (Phi) is 7.20. The zero-order valence-corrected chi connectivity index (χ0v) is 13.9. The summed E-state index contributed by atoms with van der Waals surface area (Å²) in [6.07, 6.45) is 2.10. The van der Waals surface area contributed by atoms with E-state index in [0.29, 0.717) is 12.0 Å². The van der Waals surface area contributed by atoms with Gasteiger partial charge in [-0.05, 0) is 25.3 Å². The van der Waals surface area contributed by atoms with E-state index in [2.05, 4.69) is 49.1 Å². The second kappa shape index (κ2) is 8.40. The van der Waals surface area contributed by atoms with E-state index in [1.165, 1.54) is 12.5 Å². The summed E-state index contributed by atoms with van der Waals surface area (Å²) in [7, 11) is 0. The number of ether oxygens (including phenoxy) is 1. The van der Waals surface area contributed by atoms with Crippen molar-refractivity contribution < 1.29 is 9.53 Å². The molecule has 4 heteroatoms. The van der Waals surface area contributed by atoms with Crippen LogP contribution in [0.25, 0.3) is 0 Å². The fraction of sp³-hybridized carbons (Fsp3) is 0.588. The van der Waals surface area contributed by atoms with Crippen LogP contribution >= 0.6 is 12.4 Å². The standard InChI is InChI=1S/C17H25NO2.ClH/c1-13-14(2)18(12-10-17(13)20-15(3)19)11-9-16-7-5-4-6-8-16;/h4-8,13-14,17H,9-12H2,1-3H3;1H. The van der Waals surface area contributed by atoms with Crippen LogP contribution in [-0.2, 0) is 16.0 Å². The maximum absolute atomic E-state index is 11.1. The predicted molar refractivity (Wildman–Crippen MR) is 87.8 cm³/mol. The van der Waals surface area contributed by atoms with Crippen LogP contribution in [0.15, 0.2) is 30.3 Å². The van der Waals surface area contributed by atoms with Crippen LogP contribution in [-0.4, -0.2) is 36.1 Å². The summed E-state index contributed by atoms with van der Waals surface area (Å²) < 4.78 is 5.42.